The first-order chi connectivity index (χ1) is 18.0. The number of aromatic nitrogens is 1. The molecule has 1 aromatic heterocycles. The molecule has 1 fully saturated rings. The summed E-state index contributed by atoms with van der Waals surface area (Å²) in [4.78, 5) is 30.3. The number of piperidine rings is 1. The van der Waals surface area contributed by atoms with Crippen LogP contribution in [0.4, 0.5) is 5.69 Å². The summed E-state index contributed by atoms with van der Waals surface area (Å²) in [7, 11) is 0. The van der Waals surface area contributed by atoms with Gasteiger partial charge in [0.2, 0.25) is 5.91 Å². The minimum Gasteiger partial charge on any atom is -0.481 e. The maximum Gasteiger partial charge on any atom is 0.307 e. The van der Waals surface area contributed by atoms with Crippen LogP contribution in [0.2, 0.25) is 0 Å². The second-order valence-electron chi connectivity index (χ2n) is 9.96. The summed E-state index contributed by atoms with van der Waals surface area (Å²) in [5.41, 5.74) is 6.99. The number of anilines is 1. The van der Waals surface area contributed by atoms with Gasteiger partial charge in [0.25, 0.3) is 0 Å². The van der Waals surface area contributed by atoms with Crippen LogP contribution >= 0.6 is 0 Å². The molecule has 3 aromatic carbocycles. The highest BCUT2D eigenvalue weighted by Crippen LogP contribution is 2.33. The van der Waals surface area contributed by atoms with Gasteiger partial charge in [-0.05, 0) is 66.6 Å². The molecular formula is C31H33N3O3. The Morgan fingerprint density at radius 3 is 2.51 bits per heavy atom. The number of fused-ring (bicyclic) bond motifs is 1. The number of hydrogen-bond donors (Lipinski definition) is 3. The molecule has 1 amide bonds. The fourth-order valence-electron chi connectivity index (χ4n) is 5.33. The van der Waals surface area contributed by atoms with Gasteiger partial charge in [-0.2, -0.15) is 0 Å². The number of carboxylic acid groups (broad SMARTS) is 1. The standard InChI is InChI=1S/C31H33N3O3/c1-21-10-12-25(28(16-21)34-14-6-3-7-15-34)31(23-8-4-2-5-9-23)33-29(35)18-22-11-13-27-26(17-22)24(20-32-27)19-30(36)37/h2,4-5,8-13,16-17,20,31-32H,3,6-7,14-15,18-19H2,1H3,(H,33,35)(H,36,37). The number of nitrogens with zero attached hydrogens (tertiary/aromatic N) is 1. The van der Waals surface area contributed by atoms with Gasteiger partial charge < -0.3 is 20.3 Å². The quantitative estimate of drug-likeness (QED) is 0.300. The maximum atomic E-state index is 13.4. The molecule has 1 unspecified atom stereocenters. The summed E-state index contributed by atoms with van der Waals surface area (Å²) in [6.45, 7) is 4.17. The molecule has 1 saturated heterocycles. The summed E-state index contributed by atoms with van der Waals surface area (Å²) in [6, 6.07) is 22.1. The zero-order valence-electron chi connectivity index (χ0n) is 21.2. The highest BCUT2D eigenvalue weighted by molar-refractivity contribution is 5.89. The van der Waals surface area contributed by atoms with E-state index in [1.807, 2.05) is 36.4 Å². The lowest BCUT2D eigenvalue weighted by atomic mass is 9.94. The Bertz CT molecular complexity index is 1400. The van der Waals surface area contributed by atoms with Crippen LogP contribution in [-0.2, 0) is 22.4 Å². The minimum absolute atomic E-state index is 0.0571. The molecule has 3 N–H and O–H groups in total. The average Bonchev–Trinajstić information content (AvgIpc) is 3.29. The highest BCUT2D eigenvalue weighted by atomic mass is 16.4. The largest absolute Gasteiger partial charge is 0.481 e. The van der Waals surface area contributed by atoms with Gasteiger partial charge in [0, 0.05) is 41.4 Å². The molecule has 6 nitrogen and oxygen atoms in total. The van der Waals surface area contributed by atoms with Crippen LogP contribution in [0.5, 0.6) is 0 Å². The van der Waals surface area contributed by atoms with Crippen molar-refractivity contribution in [3.8, 4) is 0 Å². The number of aryl methyl sites for hydroxylation is 1. The monoisotopic (exact) mass is 495 g/mol. The van der Waals surface area contributed by atoms with Gasteiger partial charge in [-0.1, -0.05) is 48.5 Å². The lowest BCUT2D eigenvalue weighted by Gasteiger charge is -2.33. The topological polar surface area (TPSA) is 85.4 Å². The summed E-state index contributed by atoms with van der Waals surface area (Å²) < 4.78 is 0. The van der Waals surface area contributed by atoms with E-state index in [0.717, 1.165) is 46.2 Å². The molecule has 0 saturated carbocycles. The van der Waals surface area contributed by atoms with E-state index in [9.17, 15) is 14.7 Å². The normalized spacial score (nSPS) is 14.5. The van der Waals surface area contributed by atoms with Crippen LogP contribution in [0.15, 0.2) is 72.9 Å². The van der Waals surface area contributed by atoms with Crippen LogP contribution in [0.3, 0.4) is 0 Å². The molecule has 6 heteroatoms. The summed E-state index contributed by atoms with van der Waals surface area (Å²) in [6.07, 6.45) is 5.51. The second-order valence-corrected chi connectivity index (χ2v) is 9.96. The van der Waals surface area contributed by atoms with Crippen LogP contribution in [0.1, 0.15) is 53.1 Å². The Kier molecular flexibility index (Phi) is 7.26. The van der Waals surface area contributed by atoms with Crippen molar-refractivity contribution in [1.82, 2.24) is 10.3 Å². The van der Waals surface area contributed by atoms with E-state index in [4.69, 9.17) is 0 Å². The molecule has 1 aliphatic heterocycles. The van der Waals surface area contributed by atoms with E-state index in [1.165, 1.54) is 30.5 Å². The predicted octanol–water partition coefficient (Wildman–Crippen LogP) is 5.54. The van der Waals surface area contributed by atoms with E-state index in [2.05, 4.69) is 52.5 Å². The van der Waals surface area contributed by atoms with Crippen molar-refractivity contribution in [2.24, 2.45) is 0 Å². The summed E-state index contributed by atoms with van der Waals surface area (Å²) in [5, 5.41) is 13.4. The van der Waals surface area contributed by atoms with Crippen LogP contribution in [-0.4, -0.2) is 35.1 Å². The van der Waals surface area contributed by atoms with E-state index in [0.29, 0.717) is 0 Å². The fraction of sp³-hybridized carbons (Fsp3) is 0.290. The maximum absolute atomic E-state index is 13.4. The number of aromatic amines is 1. The lowest BCUT2D eigenvalue weighted by molar-refractivity contribution is -0.136. The van der Waals surface area contributed by atoms with Gasteiger partial charge in [-0.3, -0.25) is 9.59 Å². The van der Waals surface area contributed by atoms with Crippen molar-refractivity contribution in [1.29, 1.82) is 0 Å². The summed E-state index contributed by atoms with van der Waals surface area (Å²) >= 11 is 0. The number of amides is 1. The highest BCUT2D eigenvalue weighted by Gasteiger charge is 2.24. The first-order valence-electron chi connectivity index (χ1n) is 13.0. The number of nitrogens with one attached hydrogen (secondary N) is 2. The number of carbonyl (C=O) groups is 2. The van der Waals surface area contributed by atoms with E-state index >= 15 is 0 Å². The van der Waals surface area contributed by atoms with Crippen LogP contribution < -0.4 is 10.2 Å². The van der Waals surface area contributed by atoms with E-state index < -0.39 is 5.97 Å². The molecule has 0 aliphatic carbocycles. The molecule has 0 spiro atoms. The number of aliphatic carboxylic acids is 1. The Hall–Kier alpha value is -4.06. The molecule has 2 heterocycles. The minimum atomic E-state index is -0.877. The first kappa shape index (κ1) is 24.6. The first-order valence-corrected chi connectivity index (χ1v) is 13.0. The predicted molar refractivity (Wildman–Crippen MR) is 147 cm³/mol. The fourth-order valence-corrected chi connectivity index (χ4v) is 5.33. The van der Waals surface area contributed by atoms with Gasteiger partial charge in [0.1, 0.15) is 0 Å². The van der Waals surface area contributed by atoms with Gasteiger partial charge in [0.15, 0.2) is 0 Å². The second kappa shape index (κ2) is 10.9. The molecule has 0 bridgehead atoms. The van der Waals surface area contributed by atoms with Crippen molar-refractivity contribution < 1.29 is 14.7 Å². The van der Waals surface area contributed by atoms with Crippen molar-refractivity contribution in [3.63, 3.8) is 0 Å². The SMILES string of the molecule is Cc1ccc(C(NC(=O)Cc2ccc3[nH]cc(CC(=O)O)c3c2)c2ccccc2)c(N2CCCCC2)c1. The van der Waals surface area contributed by atoms with Gasteiger partial charge in [-0.25, -0.2) is 0 Å². The average molecular weight is 496 g/mol. The van der Waals surface area contributed by atoms with E-state index in [1.54, 1.807) is 6.20 Å². The number of carbonyl (C=O) groups excluding carboxylic acids is 1. The molecule has 5 rings (SSSR count). The molecule has 1 atom stereocenters. The molecule has 0 radical (unpaired) electrons. The zero-order chi connectivity index (χ0) is 25.8. The van der Waals surface area contributed by atoms with Gasteiger partial charge in [0.05, 0.1) is 18.9 Å². The smallest absolute Gasteiger partial charge is 0.307 e. The Morgan fingerprint density at radius 1 is 0.973 bits per heavy atom. The van der Waals surface area contributed by atoms with E-state index in [-0.39, 0.29) is 24.8 Å². The van der Waals surface area contributed by atoms with Crippen LogP contribution in [0.25, 0.3) is 10.9 Å². The summed E-state index contributed by atoms with van der Waals surface area (Å²) in [5.74, 6) is -0.953. The van der Waals surface area contributed by atoms with Crippen molar-refractivity contribution in [2.75, 3.05) is 18.0 Å². The molecule has 37 heavy (non-hydrogen) atoms. The Labute approximate surface area is 217 Å². The van der Waals surface area contributed by atoms with Crippen molar-refractivity contribution >= 4 is 28.5 Å². The number of carboxylic acids is 1. The Morgan fingerprint density at radius 2 is 1.76 bits per heavy atom. The van der Waals surface area contributed by atoms with Crippen molar-refractivity contribution in [3.05, 3.63) is 101 Å². The number of benzene rings is 3. The number of H-pyrrole nitrogens is 1. The Balaban J connectivity index is 1.44. The number of hydrogen-bond acceptors (Lipinski definition) is 3. The third-order valence-electron chi connectivity index (χ3n) is 7.17. The van der Waals surface area contributed by atoms with Gasteiger partial charge in [-0.15, -0.1) is 0 Å². The third-order valence-corrected chi connectivity index (χ3v) is 7.17. The molecule has 1 aliphatic rings. The third kappa shape index (κ3) is 5.69. The number of rotatable bonds is 8. The molecule has 4 aromatic rings. The zero-order valence-corrected chi connectivity index (χ0v) is 21.2. The van der Waals surface area contributed by atoms with Crippen molar-refractivity contribution in [2.45, 2.75) is 45.1 Å². The lowest BCUT2D eigenvalue weighted by Crippen LogP contribution is -2.34. The van der Waals surface area contributed by atoms with Crippen LogP contribution in [0, 0.1) is 6.92 Å². The molecular weight excluding hydrogens is 462 g/mol. The van der Waals surface area contributed by atoms with Gasteiger partial charge >= 0.3 is 5.97 Å². The molecule has 190 valence electrons.